The Morgan fingerprint density at radius 2 is 1.59 bits per heavy atom. The Bertz CT molecular complexity index is 785. The molecule has 1 aromatic carbocycles. The molecule has 0 heterocycles. The van der Waals surface area contributed by atoms with E-state index in [1.807, 2.05) is 0 Å². The molecule has 0 saturated heterocycles. The molecule has 0 aliphatic rings. The molecule has 0 fully saturated rings. The maximum Gasteiger partial charge on any atom is 0.403 e. The van der Waals surface area contributed by atoms with Crippen molar-refractivity contribution >= 4 is 31.4 Å². The highest BCUT2D eigenvalue weighted by molar-refractivity contribution is 7.50. The Morgan fingerprint density at radius 3 is 2.10 bits per heavy atom. The van der Waals surface area contributed by atoms with Crippen LogP contribution in [0, 0.1) is 0 Å². The molecule has 0 aliphatic heterocycles. The molecule has 0 saturated carbocycles. The lowest BCUT2D eigenvalue weighted by molar-refractivity contribution is -0.142. The third-order valence-electron chi connectivity index (χ3n) is 3.58. The summed E-state index contributed by atoms with van der Waals surface area (Å²) in [5.41, 5.74) is 0.335. The zero-order valence-electron chi connectivity index (χ0n) is 15.1. The lowest BCUT2D eigenvalue weighted by atomic mass is 10.1. The van der Waals surface area contributed by atoms with Crippen molar-refractivity contribution in [2.45, 2.75) is 24.9 Å². The third-order valence-corrected chi connectivity index (χ3v) is 4.72. The molecular formula is C16H21N2O10P. The summed E-state index contributed by atoms with van der Waals surface area (Å²) in [7, 11) is -4.77. The minimum absolute atomic E-state index is 0.335. The predicted octanol–water partition coefficient (Wildman–Crippen LogP) is -0.0633. The van der Waals surface area contributed by atoms with Crippen molar-refractivity contribution in [2.24, 2.45) is 0 Å². The van der Waals surface area contributed by atoms with Crippen molar-refractivity contribution in [2.75, 3.05) is 13.2 Å². The number of hydrogen-bond donors (Lipinski definition) is 6. The summed E-state index contributed by atoms with van der Waals surface area (Å²) in [6.45, 7) is -1.24. The molecule has 0 aromatic heterocycles. The molecule has 6 N–H and O–H groups in total. The Hall–Kier alpha value is -2.63. The van der Waals surface area contributed by atoms with Gasteiger partial charge in [0.1, 0.15) is 12.1 Å². The number of nitrogens with one attached hydrogen (secondary N) is 2. The average Bonchev–Trinajstić information content (AvgIpc) is 2.64. The number of benzene rings is 1. The molecular weight excluding hydrogens is 411 g/mol. The lowest BCUT2D eigenvalue weighted by Crippen LogP contribution is -2.43. The molecule has 29 heavy (non-hydrogen) atoms. The second-order valence-corrected chi connectivity index (χ2v) is 7.39. The van der Waals surface area contributed by atoms with E-state index in [1.165, 1.54) is 12.1 Å². The first-order valence-electron chi connectivity index (χ1n) is 8.26. The van der Waals surface area contributed by atoms with E-state index in [4.69, 9.17) is 15.3 Å². The number of aliphatic carboxylic acids is 3. The number of carboxylic acid groups (broad SMARTS) is 3. The summed E-state index contributed by atoms with van der Waals surface area (Å²) in [6.07, 6.45) is -1.07. The standard InChI is InChI=1S/C16H21N2O10P/c19-13(10-4-2-1-3-5-10)8-17-12(16(24)25)9-28-29(26,27)18-11(15(22)23)6-7-14(20)21/h1-5,11-12,17H,6-9H2,(H,20,21)(H,22,23)(H,24,25)(H2,18,26,27)/t11-,12-/m0/s1. The molecule has 3 atom stereocenters. The van der Waals surface area contributed by atoms with Gasteiger partial charge in [0, 0.05) is 12.0 Å². The van der Waals surface area contributed by atoms with Crippen LogP contribution < -0.4 is 10.4 Å². The quantitative estimate of drug-likeness (QED) is 0.169. The normalized spacial score (nSPS) is 15.1. The minimum Gasteiger partial charge on any atom is -0.481 e. The molecule has 0 radical (unpaired) electrons. The molecule has 13 heteroatoms. The number of carboxylic acids is 3. The summed E-state index contributed by atoms with van der Waals surface area (Å²) in [5.74, 6) is -4.76. The van der Waals surface area contributed by atoms with Crippen molar-refractivity contribution in [1.29, 1.82) is 0 Å². The van der Waals surface area contributed by atoms with Gasteiger partial charge in [0.05, 0.1) is 13.2 Å². The maximum atomic E-state index is 12.0. The van der Waals surface area contributed by atoms with Crippen LogP contribution in [-0.2, 0) is 23.5 Å². The first-order chi connectivity index (χ1) is 13.5. The fourth-order valence-corrected chi connectivity index (χ4v) is 3.14. The van der Waals surface area contributed by atoms with E-state index in [1.54, 1.807) is 23.3 Å². The summed E-state index contributed by atoms with van der Waals surface area (Å²) >= 11 is 0. The highest BCUT2D eigenvalue weighted by Gasteiger charge is 2.31. The molecule has 1 unspecified atom stereocenters. The number of hydrogen-bond acceptors (Lipinski definition) is 7. The van der Waals surface area contributed by atoms with Gasteiger partial charge in [-0.2, -0.15) is 0 Å². The highest BCUT2D eigenvalue weighted by Crippen LogP contribution is 2.38. The van der Waals surface area contributed by atoms with E-state index in [0.717, 1.165) is 0 Å². The van der Waals surface area contributed by atoms with Gasteiger partial charge < -0.3 is 20.2 Å². The molecule has 12 nitrogen and oxygen atoms in total. The summed E-state index contributed by atoms with van der Waals surface area (Å²) in [4.78, 5) is 54.6. The van der Waals surface area contributed by atoms with Crippen LogP contribution >= 0.6 is 7.75 Å². The van der Waals surface area contributed by atoms with Crippen LogP contribution in [0.3, 0.4) is 0 Å². The van der Waals surface area contributed by atoms with Crippen LogP contribution in [0.5, 0.6) is 0 Å². The number of carbonyl (C=O) groups excluding carboxylic acids is 1. The first kappa shape index (κ1) is 24.4. The zero-order valence-corrected chi connectivity index (χ0v) is 15.9. The van der Waals surface area contributed by atoms with E-state index in [0.29, 0.717) is 5.56 Å². The smallest absolute Gasteiger partial charge is 0.403 e. The summed E-state index contributed by atoms with van der Waals surface area (Å²) in [5, 5.41) is 30.9. The second kappa shape index (κ2) is 11.4. The lowest BCUT2D eigenvalue weighted by Gasteiger charge is -2.20. The van der Waals surface area contributed by atoms with E-state index < -0.39 is 63.0 Å². The minimum atomic E-state index is -4.77. The third kappa shape index (κ3) is 9.41. The van der Waals surface area contributed by atoms with Gasteiger partial charge in [-0.25, -0.2) is 9.65 Å². The van der Waals surface area contributed by atoms with Crippen molar-refractivity contribution in [3.05, 3.63) is 35.9 Å². The molecule has 0 bridgehead atoms. The van der Waals surface area contributed by atoms with Gasteiger partial charge in [-0.15, -0.1) is 0 Å². The SMILES string of the molecule is O=C(O)CC[C@H](NP(=O)(O)OC[C@H](NCC(=O)c1ccccc1)C(=O)O)C(=O)O. The van der Waals surface area contributed by atoms with Gasteiger partial charge in [0.25, 0.3) is 0 Å². The largest absolute Gasteiger partial charge is 0.481 e. The van der Waals surface area contributed by atoms with E-state index in [-0.39, 0.29) is 6.54 Å². The maximum absolute atomic E-state index is 12.0. The van der Waals surface area contributed by atoms with Gasteiger partial charge in [0.15, 0.2) is 5.78 Å². The first-order valence-corrected chi connectivity index (χ1v) is 9.83. The van der Waals surface area contributed by atoms with E-state index >= 15 is 0 Å². The predicted molar refractivity (Wildman–Crippen MR) is 97.4 cm³/mol. The van der Waals surface area contributed by atoms with Crippen molar-refractivity contribution < 1.29 is 48.5 Å². The summed E-state index contributed by atoms with van der Waals surface area (Å²) < 4.78 is 16.6. The van der Waals surface area contributed by atoms with Crippen LogP contribution in [0.15, 0.2) is 30.3 Å². The van der Waals surface area contributed by atoms with Crippen LogP contribution in [-0.4, -0.2) is 69.1 Å². The van der Waals surface area contributed by atoms with Crippen LogP contribution in [0.4, 0.5) is 0 Å². The van der Waals surface area contributed by atoms with Gasteiger partial charge in [-0.1, -0.05) is 30.3 Å². The second-order valence-electron chi connectivity index (χ2n) is 5.83. The molecule has 0 spiro atoms. The van der Waals surface area contributed by atoms with E-state index in [2.05, 4.69) is 9.84 Å². The topological polar surface area (TPSA) is 200 Å². The van der Waals surface area contributed by atoms with Gasteiger partial charge in [0.2, 0.25) is 0 Å². The molecule has 0 amide bonds. The van der Waals surface area contributed by atoms with Crippen molar-refractivity contribution in [3.63, 3.8) is 0 Å². The number of Topliss-reactive ketones (excluding diaryl/α,β-unsaturated/α-hetero) is 1. The average molecular weight is 432 g/mol. The van der Waals surface area contributed by atoms with Crippen LogP contribution in [0.2, 0.25) is 0 Å². The Morgan fingerprint density at radius 1 is 1.00 bits per heavy atom. The fourth-order valence-electron chi connectivity index (χ4n) is 2.08. The molecule has 0 aliphatic carbocycles. The number of carbonyl (C=O) groups is 4. The zero-order chi connectivity index (χ0) is 22.0. The Kier molecular flexibility index (Phi) is 9.59. The fraction of sp³-hybridized carbons (Fsp3) is 0.375. The summed E-state index contributed by atoms with van der Waals surface area (Å²) in [6, 6.07) is 4.79. The molecule has 1 rings (SSSR count). The molecule has 160 valence electrons. The van der Waals surface area contributed by atoms with Gasteiger partial charge in [-0.05, 0) is 6.42 Å². The Balaban J connectivity index is 2.63. The van der Waals surface area contributed by atoms with Gasteiger partial charge >= 0.3 is 25.7 Å². The van der Waals surface area contributed by atoms with Crippen LogP contribution in [0.25, 0.3) is 0 Å². The van der Waals surface area contributed by atoms with Crippen molar-refractivity contribution in [1.82, 2.24) is 10.4 Å². The highest BCUT2D eigenvalue weighted by atomic mass is 31.2. The monoisotopic (exact) mass is 432 g/mol. The van der Waals surface area contributed by atoms with Crippen molar-refractivity contribution in [3.8, 4) is 0 Å². The van der Waals surface area contributed by atoms with Gasteiger partial charge in [-0.3, -0.25) is 29.0 Å². The van der Waals surface area contributed by atoms with E-state index in [9.17, 15) is 28.6 Å². The number of ketones is 1. The van der Waals surface area contributed by atoms with Crippen LogP contribution in [0.1, 0.15) is 23.2 Å². The molecule has 1 aromatic rings. The Labute approximate surface area is 165 Å². The number of rotatable bonds is 14.